The molecule has 0 amide bonds. The van der Waals surface area contributed by atoms with Crippen molar-refractivity contribution in [3.63, 3.8) is 0 Å². The van der Waals surface area contributed by atoms with Gasteiger partial charge < -0.3 is 10.4 Å². The van der Waals surface area contributed by atoms with E-state index in [0.29, 0.717) is 6.54 Å². The number of rotatable bonds is 6. The van der Waals surface area contributed by atoms with Gasteiger partial charge in [-0.05, 0) is 24.7 Å². The molecule has 0 radical (unpaired) electrons. The molecule has 1 aliphatic carbocycles. The van der Waals surface area contributed by atoms with Crippen LogP contribution in [-0.2, 0) is 4.79 Å². The van der Waals surface area contributed by atoms with E-state index in [2.05, 4.69) is 5.32 Å². The van der Waals surface area contributed by atoms with Crippen molar-refractivity contribution < 1.29 is 23.1 Å². The van der Waals surface area contributed by atoms with Crippen LogP contribution in [0.4, 0.5) is 13.2 Å². The molecule has 0 heterocycles. The average molecular weight is 267 g/mol. The highest BCUT2D eigenvalue weighted by Gasteiger charge is 2.45. The van der Waals surface area contributed by atoms with Crippen molar-refractivity contribution in [2.75, 3.05) is 13.1 Å². The maximum Gasteiger partial charge on any atom is 0.403 e. The molecule has 0 aliphatic heterocycles. The van der Waals surface area contributed by atoms with Crippen LogP contribution in [-0.4, -0.2) is 30.3 Å². The van der Waals surface area contributed by atoms with Gasteiger partial charge in [-0.25, -0.2) is 0 Å². The molecule has 18 heavy (non-hydrogen) atoms. The van der Waals surface area contributed by atoms with Gasteiger partial charge in [0.2, 0.25) is 0 Å². The second-order valence-corrected chi connectivity index (χ2v) is 5.12. The van der Waals surface area contributed by atoms with Crippen LogP contribution in [0, 0.1) is 11.3 Å². The molecule has 2 N–H and O–H groups in total. The molecule has 6 heteroatoms. The van der Waals surface area contributed by atoms with Crippen LogP contribution in [0.2, 0.25) is 0 Å². The van der Waals surface area contributed by atoms with Crippen LogP contribution in [0.25, 0.3) is 0 Å². The van der Waals surface area contributed by atoms with Gasteiger partial charge in [0.05, 0.1) is 0 Å². The van der Waals surface area contributed by atoms with E-state index in [-0.39, 0.29) is 5.41 Å². The van der Waals surface area contributed by atoms with Gasteiger partial charge in [0, 0.05) is 13.1 Å². The summed E-state index contributed by atoms with van der Waals surface area (Å²) in [6.07, 6.45) is 0.479. The molecule has 0 saturated heterocycles. The van der Waals surface area contributed by atoms with Gasteiger partial charge in [-0.3, -0.25) is 4.79 Å². The van der Waals surface area contributed by atoms with Gasteiger partial charge in [0.15, 0.2) is 5.92 Å². The summed E-state index contributed by atoms with van der Waals surface area (Å²) < 4.78 is 37.3. The smallest absolute Gasteiger partial charge is 0.403 e. The number of alkyl halides is 3. The third-order valence-corrected chi connectivity index (χ3v) is 3.96. The van der Waals surface area contributed by atoms with Crippen LogP contribution >= 0.6 is 0 Å². The molecule has 1 aliphatic rings. The summed E-state index contributed by atoms with van der Waals surface area (Å²) >= 11 is 0. The number of carbonyl (C=O) groups is 1. The Morgan fingerprint density at radius 1 is 1.39 bits per heavy atom. The lowest BCUT2D eigenvalue weighted by Gasteiger charge is -2.28. The molecule has 0 spiro atoms. The Bertz CT molecular complexity index is 286. The molecule has 0 aromatic carbocycles. The van der Waals surface area contributed by atoms with Gasteiger partial charge in [0.1, 0.15) is 0 Å². The fraction of sp³-hybridized carbons (Fsp3) is 0.917. The zero-order valence-corrected chi connectivity index (χ0v) is 10.5. The predicted molar refractivity (Wildman–Crippen MR) is 61.2 cm³/mol. The van der Waals surface area contributed by atoms with Gasteiger partial charge in [0.25, 0.3) is 0 Å². The molecule has 1 saturated carbocycles. The lowest BCUT2D eigenvalue weighted by atomic mass is 9.83. The molecule has 1 fully saturated rings. The standard InChI is InChI=1S/C12H20F3NO2/c1-2-11(5-3-4-6-11)8-16-7-9(10(17)18)12(13,14)15/h9,16H,2-8H2,1H3,(H,17,18). The highest BCUT2D eigenvalue weighted by Crippen LogP contribution is 2.40. The Labute approximate surface area is 105 Å². The zero-order valence-electron chi connectivity index (χ0n) is 10.5. The summed E-state index contributed by atoms with van der Waals surface area (Å²) in [6, 6.07) is 0. The first-order valence-corrected chi connectivity index (χ1v) is 6.31. The fourth-order valence-electron chi connectivity index (χ4n) is 2.61. The van der Waals surface area contributed by atoms with Gasteiger partial charge in [-0.2, -0.15) is 13.2 Å². The van der Waals surface area contributed by atoms with Crippen molar-refractivity contribution in [2.45, 2.75) is 45.2 Å². The van der Waals surface area contributed by atoms with Crippen molar-refractivity contribution >= 4 is 5.97 Å². The number of carboxylic acid groups (broad SMARTS) is 1. The molecule has 3 nitrogen and oxygen atoms in total. The number of hydrogen-bond donors (Lipinski definition) is 2. The third-order valence-electron chi connectivity index (χ3n) is 3.96. The van der Waals surface area contributed by atoms with Crippen LogP contribution in [0.15, 0.2) is 0 Å². The molecule has 0 aromatic heterocycles. The monoisotopic (exact) mass is 267 g/mol. The zero-order chi connectivity index (χ0) is 13.8. The Kier molecular flexibility index (Phi) is 5.01. The molecule has 1 atom stereocenters. The number of aliphatic carboxylic acids is 1. The summed E-state index contributed by atoms with van der Waals surface area (Å²) in [6.45, 7) is 1.97. The van der Waals surface area contributed by atoms with Crippen molar-refractivity contribution in [3.8, 4) is 0 Å². The topological polar surface area (TPSA) is 49.3 Å². The fourth-order valence-corrected chi connectivity index (χ4v) is 2.61. The molecule has 1 rings (SSSR count). The van der Waals surface area contributed by atoms with Gasteiger partial charge >= 0.3 is 12.1 Å². The van der Waals surface area contributed by atoms with E-state index in [1.54, 1.807) is 0 Å². The quantitative estimate of drug-likeness (QED) is 0.778. The molecule has 1 unspecified atom stereocenters. The number of hydrogen-bond acceptors (Lipinski definition) is 2. The maximum absolute atomic E-state index is 12.4. The summed E-state index contributed by atoms with van der Waals surface area (Å²) in [5, 5.41) is 11.3. The molecular formula is C12H20F3NO2. The van der Waals surface area contributed by atoms with Crippen LogP contribution < -0.4 is 5.32 Å². The second kappa shape index (κ2) is 5.91. The Morgan fingerprint density at radius 3 is 2.33 bits per heavy atom. The number of carboxylic acids is 1. The van der Waals surface area contributed by atoms with E-state index in [1.165, 1.54) is 0 Å². The maximum atomic E-state index is 12.4. The van der Waals surface area contributed by atoms with E-state index in [4.69, 9.17) is 5.11 Å². The third kappa shape index (κ3) is 3.86. The second-order valence-electron chi connectivity index (χ2n) is 5.12. The van der Waals surface area contributed by atoms with Crippen molar-refractivity contribution in [3.05, 3.63) is 0 Å². The molecule has 0 aromatic rings. The van der Waals surface area contributed by atoms with E-state index in [1.807, 2.05) is 6.92 Å². The minimum atomic E-state index is -4.69. The van der Waals surface area contributed by atoms with Crippen LogP contribution in [0.1, 0.15) is 39.0 Å². The molecule has 0 bridgehead atoms. The minimum Gasteiger partial charge on any atom is -0.481 e. The normalized spacial score (nSPS) is 20.9. The average Bonchev–Trinajstić information content (AvgIpc) is 2.71. The van der Waals surface area contributed by atoms with Crippen LogP contribution in [0.3, 0.4) is 0 Å². The SMILES string of the molecule is CCC1(CNCC(C(=O)O)C(F)(F)F)CCCC1. The summed E-state index contributed by atoms with van der Waals surface area (Å²) in [7, 11) is 0. The Balaban J connectivity index is 2.46. The summed E-state index contributed by atoms with van der Waals surface area (Å²) in [5.41, 5.74) is 0.0641. The van der Waals surface area contributed by atoms with Gasteiger partial charge in [-0.15, -0.1) is 0 Å². The van der Waals surface area contributed by atoms with Crippen molar-refractivity contribution in [1.29, 1.82) is 0 Å². The summed E-state index contributed by atoms with van der Waals surface area (Å²) in [4.78, 5) is 10.6. The highest BCUT2D eigenvalue weighted by molar-refractivity contribution is 5.71. The van der Waals surface area contributed by atoms with E-state index in [0.717, 1.165) is 32.1 Å². The highest BCUT2D eigenvalue weighted by atomic mass is 19.4. The summed E-state index contributed by atoms with van der Waals surface area (Å²) in [5.74, 6) is -4.13. The Morgan fingerprint density at radius 2 is 1.94 bits per heavy atom. The number of halogens is 3. The molecule has 106 valence electrons. The Hall–Kier alpha value is -0.780. The van der Waals surface area contributed by atoms with Gasteiger partial charge in [-0.1, -0.05) is 19.8 Å². The van der Waals surface area contributed by atoms with Crippen LogP contribution in [0.5, 0.6) is 0 Å². The first-order chi connectivity index (χ1) is 8.31. The first-order valence-electron chi connectivity index (χ1n) is 6.31. The minimum absolute atomic E-state index is 0.0641. The predicted octanol–water partition coefficient (Wildman–Crippen LogP) is 2.81. The van der Waals surface area contributed by atoms with Crippen molar-refractivity contribution in [1.82, 2.24) is 5.32 Å². The van der Waals surface area contributed by atoms with E-state index in [9.17, 15) is 18.0 Å². The van der Waals surface area contributed by atoms with E-state index >= 15 is 0 Å². The first kappa shape index (κ1) is 15.3. The largest absolute Gasteiger partial charge is 0.481 e. The van der Waals surface area contributed by atoms with E-state index < -0.39 is 24.6 Å². The lowest BCUT2D eigenvalue weighted by Crippen LogP contribution is -2.42. The number of nitrogens with one attached hydrogen (secondary N) is 1. The molecular weight excluding hydrogens is 247 g/mol. The van der Waals surface area contributed by atoms with Crippen molar-refractivity contribution in [2.24, 2.45) is 11.3 Å². The lowest BCUT2D eigenvalue weighted by molar-refractivity contribution is -0.192.